The van der Waals surface area contributed by atoms with Crippen molar-refractivity contribution in [2.24, 2.45) is 0 Å². The van der Waals surface area contributed by atoms with Gasteiger partial charge >= 0.3 is 6.03 Å². The quantitative estimate of drug-likeness (QED) is 0.261. The number of carbonyl (C=O) groups is 4. The van der Waals surface area contributed by atoms with E-state index in [1.807, 2.05) is 13.0 Å². The van der Waals surface area contributed by atoms with E-state index in [2.05, 4.69) is 16.0 Å². The van der Waals surface area contributed by atoms with Crippen molar-refractivity contribution in [1.82, 2.24) is 10.2 Å². The first-order valence-corrected chi connectivity index (χ1v) is 12.3. The van der Waals surface area contributed by atoms with Gasteiger partial charge in [0.1, 0.15) is 18.1 Å². The van der Waals surface area contributed by atoms with Gasteiger partial charge in [-0.05, 0) is 72.7 Å². The number of methoxy groups -OCH3 is 1. The predicted octanol–water partition coefficient (Wildman–Crippen LogP) is 4.35. The molecule has 12 heteroatoms. The van der Waals surface area contributed by atoms with E-state index in [4.69, 9.17) is 21.1 Å². The second-order valence-corrected chi connectivity index (χ2v) is 9.08. The number of hydrogen-bond donors (Lipinski definition) is 3. The van der Waals surface area contributed by atoms with Gasteiger partial charge in [0.15, 0.2) is 18.1 Å². The number of urea groups is 1. The van der Waals surface area contributed by atoms with E-state index >= 15 is 0 Å². The summed E-state index contributed by atoms with van der Waals surface area (Å²) in [5.74, 6) is -1.93. The van der Waals surface area contributed by atoms with Gasteiger partial charge in [0.05, 0.1) is 12.1 Å². The Kier molecular flexibility index (Phi) is 8.65. The second kappa shape index (κ2) is 12.3. The number of anilines is 2. The SMILES string of the molecule is COc1cc(/C=C2/NC(=O)N(CC(=O)Nc3cccc(C)c3)C2=O)cc(Cl)c1OCC(=O)Nc1ccc(F)cc1. The highest BCUT2D eigenvalue weighted by molar-refractivity contribution is 6.32. The average molecular weight is 567 g/mol. The van der Waals surface area contributed by atoms with Crippen LogP contribution in [0.3, 0.4) is 0 Å². The summed E-state index contributed by atoms with van der Waals surface area (Å²) in [6.07, 6.45) is 1.37. The molecule has 1 aliphatic heterocycles. The minimum absolute atomic E-state index is 0.0705. The number of nitrogens with one attached hydrogen (secondary N) is 3. The Hall–Kier alpha value is -4.90. The molecule has 1 saturated heterocycles. The molecule has 0 bridgehead atoms. The van der Waals surface area contributed by atoms with Crippen molar-refractivity contribution in [3.05, 3.63) is 88.3 Å². The molecule has 1 aliphatic rings. The van der Waals surface area contributed by atoms with E-state index in [0.717, 1.165) is 10.5 Å². The van der Waals surface area contributed by atoms with Gasteiger partial charge in [-0.3, -0.25) is 14.4 Å². The van der Waals surface area contributed by atoms with Gasteiger partial charge in [0.2, 0.25) is 5.91 Å². The zero-order valence-corrected chi connectivity index (χ0v) is 22.2. The number of benzene rings is 3. The van der Waals surface area contributed by atoms with Crippen molar-refractivity contribution in [2.75, 3.05) is 30.9 Å². The third-order valence-corrected chi connectivity index (χ3v) is 5.88. The van der Waals surface area contributed by atoms with Crippen LogP contribution in [-0.2, 0) is 14.4 Å². The Morgan fingerprint density at radius 2 is 1.75 bits per heavy atom. The van der Waals surface area contributed by atoms with Gasteiger partial charge < -0.3 is 25.4 Å². The lowest BCUT2D eigenvalue weighted by Gasteiger charge is -2.14. The predicted molar refractivity (Wildman–Crippen MR) is 147 cm³/mol. The molecule has 10 nitrogen and oxygen atoms in total. The topological polar surface area (TPSA) is 126 Å². The summed E-state index contributed by atoms with van der Waals surface area (Å²) in [5.41, 5.74) is 2.19. The largest absolute Gasteiger partial charge is 0.493 e. The molecule has 0 aromatic heterocycles. The summed E-state index contributed by atoms with van der Waals surface area (Å²) in [6, 6.07) is 14.5. The summed E-state index contributed by atoms with van der Waals surface area (Å²) in [6.45, 7) is 0.978. The first kappa shape index (κ1) is 28.1. The maximum atomic E-state index is 13.0. The Labute approximate surface area is 233 Å². The molecule has 4 rings (SSSR count). The molecule has 1 fully saturated rings. The van der Waals surface area contributed by atoms with E-state index < -0.39 is 42.7 Å². The zero-order chi connectivity index (χ0) is 28.8. The summed E-state index contributed by atoms with van der Waals surface area (Å²) in [5, 5.41) is 7.74. The van der Waals surface area contributed by atoms with Crippen molar-refractivity contribution in [3.8, 4) is 11.5 Å². The average Bonchev–Trinajstić information content (AvgIpc) is 3.16. The fourth-order valence-corrected chi connectivity index (χ4v) is 4.05. The Morgan fingerprint density at radius 1 is 1.02 bits per heavy atom. The third kappa shape index (κ3) is 6.94. The molecule has 5 amide bonds. The molecular weight excluding hydrogens is 543 g/mol. The number of nitrogens with zero attached hydrogens (tertiary/aromatic N) is 1. The first-order chi connectivity index (χ1) is 19.1. The molecule has 0 atom stereocenters. The molecule has 0 unspecified atom stereocenters. The summed E-state index contributed by atoms with van der Waals surface area (Å²) >= 11 is 6.37. The lowest BCUT2D eigenvalue weighted by atomic mass is 10.1. The van der Waals surface area contributed by atoms with E-state index in [-0.39, 0.29) is 22.2 Å². The van der Waals surface area contributed by atoms with Crippen LogP contribution in [0.15, 0.2) is 66.4 Å². The highest BCUT2D eigenvalue weighted by atomic mass is 35.5. The fraction of sp³-hybridized carbons (Fsp3) is 0.143. The number of halogens is 2. The van der Waals surface area contributed by atoms with Gasteiger partial charge in [-0.2, -0.15) is 0 Å². The van der Waals surface area contributed by atoms with E-state index in [1.165, 1.54) is 49.6 Å². The smallest absolute Gasteiger partial charge is 0.329 e. The molecule has 3 aromatic carbocycles. The number of imide groups is 1. The van der Waals surface area contributed by atoms with Crippen molar-refractivity contribution in [1.29, 1.82) is 0 Å². The number of amides is 5. The number of rotatable bonds is 9. The van der Waals surface area contributed by atoms with E-state index in [9.17, 15) is 23.6 Å². The van der Waals surface area contributed by atoms with Gasteiger partial charge in [0.25, 0.3) is 11.8 Å². The molecule has 0 spiro atoms. The van der Waals surface area contributed by atoms with Crippen molar-refractivity contribution in [2.45, 2.75) is 6.92 Å². The highest BCUT2D eigenvalue weighted by Crippen LogP contribution is 2.37. The van der Waals surface area contributed by atoms with Crippen LogP contribution in [0.25, 0.3) is 6.08 Å². The second-order valence-electron chi connectivity index (χ2n) is 8.67. The number of aryl methyl sites for hydroxylation is 1. The summed E-state index contributed by atoms with van der Waals surface area (Å²) < 4.78 is 23.9. The maximum absolute atomic E-state index is 13.0. The molecule has 0 saturated carbocycles. The standard InChI is InChI=1S/C28H24ClFN4O6/c1-16-4-3-5-20(10-16)32-24(35)14-34-27(37)22(33-28(34)38)12-17-11-21(29)26(23(13-17)39-2)40-15-25(36)31-19-8-6-18(30)7-9-19/h3-13H,14-15H2,1-2H3,(H,31,36)(H,32,35)(H,33,38)/b22-12+. The first-order valence-electron chi connectivity index (χ1n) is 11.9. The molecule has 0 aliphatic carbocycles. The lowest BCUT2D eigenvalue weighted by molar-refractivity contribution is -0.127. The lowest BCUT2D eigenvalue weighted by Crippen LogP contribution is -2.38. The van der Waals surface area contributed by atoms with E-state index in [1.54, 1.807) is 18.2 Å². The number of hydrogen-bond acceptors (Lipinski definition) is 6. The van der Waals surface area contributed by atoms with Crippen LogP contribution >= 0.6 is 11.6 Å². The molecule has 0 radical (unpaired) electrons. The monoisotopic (exact) mass is 566 g/mol. The van der Waals surface area contributed by atoms with Crippen LogP contribution in [0, 0.1) is 12.7 Å². The van der Waals surface area contributed by atoms with E-state index in [0.29, 0.717) is 16.9 Å². The third-order valence-electron chi connectivity index (χ3n) is 5.60. The van der Waals surface area contributed by atoms with Crippen LogP contribution in [0.2, 0.25) is 5.02 Å². The number of ether oxygens (including phenoxy) is 2. The summed E-state index contributed by atoms with van der Waals surface area (Å²) in [4.78, 5) is 50.7. The zero-order valence-electron chi connectivity index (χ0n) is 21.4. The van der Waals surface area contributed by atoms with Crippen LogP contribution in [0.4, 0.5) is 20.6 Å². The van der Waals surface area contributed by atoms with Crippen molar-refractivity contribution >= 4 is 52.8 Å². The molecule has 206 valence electrons. The van der Waals surface area contributed by atoms with Crippen molar-refractivity contribution in [3.63, 3.8) is 0 Å². The Balaban J connectivity index is 1.42. The van der Waals surface area contributed by atoms with Crippen LogP contribution in [0.5, 0.6) is 11.5 Å². The number of carbonyl (C=O) groups excluding carboxylic acids is 4. The van der Waals surface area contributed by atoms with Crippen LogP contribution in [-0.4, -0.2) is 48.9 Å². The normalized spacial score (nSPS) is 13.7. The minimum atomic E-state index is -0.749. The highest BCUT2D eigenvalue weighted by Gasteiger charge is 2.35. The molecule has 3 N–H and O–H groups in total. The Morgan fingerprint density at radius 3 is 2.45 bits per heavy atom. The van der Waals surface area contributed by atoms with Crippen LogP contribution in [0.1, 0.15) is 11.1 Å². The van der Waals surface area contributed by atoms with Crippen LogP contribution < -0.4 is 25.4 Å². The molecular formula is C28H24ClFN4O6. The van der Waals surface area contributed by atoms with Gasteiger partial charge in [-0.15, -0.1) is 0 Å². The molecule has 3 aromatic rings. The van der Waals surface area contributed by atoms with Gasteiger partial charge in [0, 0.05) is 11.4 Å². The Bertz CT molecular complexity index is 1510. The molecule has 40 heavy (non-hydrogen) atoms. The minimum Gasteiger partial charge on any atom is -0.493 e. The summed E-state index contributed by atoms with van der Waals surface area (Å²) in [7, 11) is 1.37. The van der Waals surface area contributed by atoms with Gasteiger partial charge in [-0.1, -0.05) is 23.7 Å². The maximum Gasteiger partial charge on any atom is 0.329 e. The van der Waals surface area contributed by atoms with Gasteiger partial charge in [-0.25, -0.2) is 14.1 Å². The fourth-order valence-electron chi connectivity index (χ4n) is 3.78. The van der Waals surface area contributed by atoms with Crippen molar-refractivity contribution < 1.29 is 33.0 Å². The molecule has 1 heterocycles.